The average Bonchev–Trinajstić information content (AvgIpc) is 2.73. The first-order valence-electron chi connectivity index (χ1n) is 6.50. The van der Waals surface area contributed by atoms with E-state index in [1.54, 1.807) is 0 Å². The van der Waals surface area contributed by atoms with Crippen LogP contribution in [0.2, 0.25) is 0 Å². The molecule has 4 nitrogen and oxygen atoms in total. The van der Waals surface area contributed by atoms with E-state index in [9.17, 15) is 0 Å². The van der Waals surface area contributed by atoms with Crippen LogP contribution in [-0.2, 0) is 11.3 Å². The van der Waals surface area contributed by atoms with E-state index in [-0.39, 0.29) is 12.1 Å². The Morgan fingerprint density at radius 2 is 2.12 bits per heavy atom. The van der Waals surface area contributed by atoms with Crippen molar-refractivity contribution in [3.63, 3.8) is 0 Å². The monoisotopic (exact) mass is 239 g/mol. The number of ether oxygens (including phenoxy) is 1. The van der Waals surface area contributed by atoms with E-state index >= 15 is 0 Å². The Balaban J connectivity index is 2.84. The molecule has 0 spiro atoms. The van der Waals surface area contributed by atoms with E-state index in [1.807, 2.05) is 23.9 Å². The van der Waals surface area contributed by atoms with Gasteiger partial charge in [-0.1, -0.05) is 20.8 Å². The molecule has 0 bridgehead atoms. The molecule has 1 aromatic heterocycles. The minimum absolute atomic E-state index is 0.0484. The van der Waals surface area contributed by atoms with Gasteiger partial charge >= 0.3 is 0 Å². The molecule has 17 heavy (non-hydrogen) atoms. The fourth-order valence-electron chi connectivity index (χ4n) is 2.10. The van der Waals surface area contributed by atoms with E-state index in [0.29, 0.717) is 12.5 Å². The van der Waals surface area contributed by atoms with Crippen molar-refractivity contribution < 1.29 is 4.74 Å². The normalized spacial score (nSPS) is 15.2. The van der Waals surface area contributed by atoms with Crippen molar-refractivity contribution in [2.75, 3.05) is 6.61 Å². The molecule has 1 rings (SSSR count). The first kappa shape index (κ1) is 14.2. The van der Waals surface area contributed by atoms with Crippen molar-refractivity contribution in [1.82, 2.24) is 9.78 Å². The predicted octanol–water partition coefficient (Wildman–Crippen LogP) is 2.35. The Morgan fingerprint density at radius 3 is 2.65 bits per heavy atom. The van der Waals surface area contributed by atoms with Crippen LogP contribution in [0.15, 0.2) is 12.3 Å². The second-order valence-corrected chi connectivity index (χ2v) is 4.67. The molecule has 2 atom stereocenters. The molecule has 0 amide bonds. The Labute approximate surface area is 104 Å². The highest BCUT2D eigenvalue weighted by atomic mass is 16.5. The summed E-state index contributed by atoms with van der Waals surface area (Å²) < 4.78 is 7.74. The number of aromatic nitrogens is 2. The molecule has 98 valence electrons. The van der Waals surface area contributed by atoms with Crippen molar-refractivity contribution in [1.29, 1.82) is 0 Å². The second kappa shape index (κ2) is 6.77. The highest BCUT2D eigenvalue weighted by Gasteiger charge is 2.25. The maximum Gasteiger partial charge on any atom is 0.0805 e. The summed E-state index contributed by atoms with van der Waals surface area (Å²) in [5, 5.41) is 4.31. The van der Waals surface area contributed by atoms with Crippen molar-refractivity contribution in [3.05, 3.63) is 18.0 Å². The minimum Gasteiger partial charge on any atom is -0.376 e. The fourth-order valence-corrected chi connectivity index (χ4v) is 2.10. The van der Waals surface area contributed by atoms with Crippen molar-refractivity contribution in [2.45, 2.75) is 52.8 Å². The third-order valence-corrected chi connectivity index (χ3v) is 2.90. The molecular formula is C13H25N3O. The summed E-state index contributed by atoms with van der Waals surface area (Å²) in [5.41, 5.74) is 7.38. The summed E-state index contributed by atoms with van der Waals surface area (Å²) >= 11 is 0. The lowest BCUT2D eigenvalue weighted by atomic mass is 9.97. The molecule has 0 aliphatic heterocycles. The Bertz CT molecular complexity index is 322. The molecule has 0 aliphatic carbocycles. The van der Waals surface area contributed by atoms with Crippen molar-refractivity contribution >= 4 is 0 Å². The van der Waals surface area contributed by atoms with Crippen molar-refractivity contribution in [3.8, 4) is 0 Å². The van der Waals surface area contributed by atoms with Crippen LogP contribution in [0.1, 0.15) is 45.9 Å². The number of hydrogen-bond donors (Lipinski definition) is 1. The largest absolute Gasteiger partial charge is 0.376 e. The van der Waals surface area contributed by atoms with Gasteiger partial charge in [-0.3, -0.25) is 4.68 Å². The number of nitrogens with zero attached hydrogens (tertiary/aromatic N) is 2. The molecule has 2 unspecified atom stereocenters. The van der Waals surface area contributed by atoms with Crippen LogP contribution in [0.5, 0.6) is 0 Å². The zero-order valence-electron chi connectivity index (χ0n) is 11.4. The second-order valence-electron chi connectivity index (χ2n) is 4.67. The maximum atomic E-state index is 6.32. The van der Waals surface area contributed by atoms with Gasteiger partial charge in [0.2, 0.25) is 0 Å². The summed E-state index contributed by atoms with van der Waals surface area (Å²) in [7, 11) is 0. The number of nitrogens with two attached hydrogens (primary N) is 1. The van der Waals surface area contributed by atoms with Crippen LogP contribution in [0.4, 0.5) is 0 Å². The van der Waals surface area contributed by atoms with Gasteiger partial charge in [0.15, 0.2) is 0 Å². The summed E-state index contributed by atoms with van der Waals surface area (Å²) in [4.78, 5) is 0. The Morgan fingerprint density at radius 1 is 1.41 bits per heavy atom. The van der Waals surface area contributed by atoms with Crippen LogP contribution in [0.3, 0.4) is 0 Å². The molecule has 0 radical (unpaired) electrons. The summed E-state index contributed by atoms with van der Waals surface area (Å²) in [6.45, 7) is 10.0. The van der Waals surface area contributed by atoms with Gasteiger partial charge in [-0.15, -0.1) is 0 Å². The Hall–Kier alpha value is -0.870. The van der Waals surface area contributed by atoms with Gasteiger partial charge in [-0.2, -0.15) is 5.10 Å². The topological polar surface area (TPSA) is 53.1 Å². The number of aryl methyl sites for hydroxylation is 1. The van der Waals surface area contributed by atoms with Crippen molar-refractivity contribution in [2.24, 2.45) is 11.7 Å². The molecule has 0 saturated carbocycles. The smallest absolute Gasteiger partial charge is 0.0805 e. The zero-order valence-corrected chi connectivity index (χ0v) is 11.4. The first-order valence-corrected chi connectivity index (χ1v) is 6.50. The average molecular weight is 239 g/mol. The highest BCUT2D eigenvalue weighted by Crippen LogP contribution is 2.22. The van der Waals surface area contributed by atoms with E-state index in [2.05, 4.69) is 25.9 Å². The van der Waals surface area contributed by atoms with Crippen LogP contribution in [0, 0.1) is 5.92 Å². The highest BCUT2D eigenvalue weighted by molar-refractivity contribution is 5.09. The van der Waals surface area contributed by atoms with Gasteiger partial charge in [-0.25, -0.2) is 0 Å². The van der Waals surface area contributed by atoms with Crippen LogP contribution >= 0.6 is 0 Å². The first-order chi connectivity index (χ1) is 8.11. The van der Waals surface area contributed by atoms with E-state index in [0.717, 1.165) is 18.7 Å². The third kappa shape index (κ3) is 3.54. The minimum atomic E-state index is -0.107. The lowest BCUT2D eigenvalue weighted by molar-refractivity contribution is 0.0103. The molecule has 0 aromatic carbocycles. The lowest BCUT2D eigenvalue weighted by Gasteiger charge is -2.27. The van der Waals surface area contributed by atoms with Gasteiger partial charge in [0.1, 0.15) is 0 Å². The van der Waals surface area contributed by atoms with Crippen LogP contribution in [0.25, 0.3) is 0 Å². The molecule has 1 aromatic rings. The summed E-state index contributed by atoms with van der Waals surface area (Å²) in [6, 6.07) is 1.89. The van der Waals surface area contributed by atoms with Gasteiger partial charge in [0, 0.05) is 19.3 Å². The quantitative estimate of drug-likeness (QED) is 0.794. The fraction of sp³-hybridized carbons (Fsp3) is 0.769. The molecule has 2 N–H and O–H groups in total. The molecule has 0 fully saturated rings. The molecule has 4 heteroatoms. The third-order valence-electron chi connectivity index (χ3n) is 2.90. The standard InChI is InChI=1S/C13H25N3O/c1-5-9-16-11(7-8-15-16)12(14)13(10(3)4)17-6-2/h7-8,10,12-13H,5-6,9,14H2,1-4H3. The predicted molar refractivity (Wildman–Crippen MR) is 69.7 cm³/mol. The Kier molecular flexibility index (Phi) is 5.65. The lowest BCUT2D eigenvalue weighted by Crippen LogP contribution is -2.35. The molecular weight excluding hydrogens is 214 g/mol. The van der Waals surface area contributed by atoms with Gasteiger partial charge in [0.25, 0.3) is 0 Å². The molecule has 0 saturated heterocycles. The van der Waals surface area contributed by atoms with Gasteiger partial charge < -0.3 is 10.5 Å². The number of rotatable bonds is 7. The van der Waals surface area contributed by atoms with E-state index in [1.165, 1.54) is 0 Å². The van der Waals surface area contributed by atoms with Gasteiger partial charge in [0.05, 0.1) is 17.8 Å². The van der Waals surface area contributed by atoms with E-state index in [4.69, 9.17) is 10.5 Å². The van der Waals surface area contributed by atoms with E-state index < -0.39 is 0 Å². The molecule has 0 aliphatic rings. The zero-order chi connectivity index (χ0) is 12.8. The number of hydrogen-bond acceptors (Lipinski definition) is 3. The SMILES string of the molecule is CCCn1nccc1C(N)C(OCC)C(C)C. The molecule has 1 heterocycles. The summed E-state index contributed by atoms with van der Waals surface area (Å²) in [5.74, 6) is 0.398. The van der Waals surface area contributed by atoms with Crippen LogP contribution < -0.4 is 5.73 Å². The summed E-state index contributed by atoms with van der Waals surface area (Å²) in [6.07, 6.45) is 2.92. The maximum absolute atomic E-state index is 6.32. The van der Waals surface area contributed by atoms with Crippen LogP contribution in [-0.4, -0.2) is 22.5 Å². The van der Waals surface area contributed by atoms with Gasteiger partial charge in [-0.05, 0) is 25.3 Å².